The molecule has 0 aromatic heterocycles. The maximum atomic E-state index is 12.3. The molecule has 0 spiro atoms. The van der Waals surface area contributed by atoms with Gasteiger partial charge in [0, 0.05) is 20.1 Å². The van der Waals surface area contributed by atoms with E-state index in [1.54, 1.807) is 7.05 Å². The van der Waals surface area contributed by atoms with E-state index >= 15 is 0 Å². The second-order valence-electron chi connectivity index (χ2n) is 5.53. The molecule has 1 fully saturated rings. The Bertz CT molecular complexity index is 542. The van der Waals surface area contributed by atoms with Crippen molar-refractivity contribution in [3.63, 3.8) is 0 Å². The third-order valence-electron chi connectivity index (χ3n) is 3.82. The van der Waals surface area contributed by atoms with E-state index in [0.717, 1.165) is 17.5 Å². The van der Waals surface area contributed by atoms with Crippen LogP contribution in [0.25, 0.3) is 0 Å². The van der Waals surface area contributed by atoms with Gasteiger partial charge >= 0.3 is 0 Å². The normalized spacial score (nSPS) is 22.7. The van der Waals surface area contributed by atoms with Crippen molar-refractivity contribution in [3.8, 4) is 0 Å². The van der Waals surface area contributed by atoms with E-state index in [9.17, 15) is 8.42 Å². The summed E-state index contributed by atoms with van der Waals surface area (Å²) in [4.78, 5) is 0. The molecule has 2 rings (SSSR count). The van der Waals surface area contributed by atoms with Crippen LogP contribution in [0.3, 0.4) is 0 Å². The lowest BCUT2D eigenvalue weighted by Gasteiger charge is -2.17. The van der Waals surface area contributed by atoms with Gasteiger partial charge in [-0.2, -0.15) is 0 Å². The molecule has 0 aliphatic heterocycles. The van der Waals surface area contributed by atoms with Gasteiger partial charge in [0.15, 0.2) is 0 Å². The lowest BCUT2D eigenvalue weighted by molar-refractivity contribution is 0.444. The summed E-state index contributed by atoms with van der Waals surface area (Å²) in [7, 11) is -1.55. The van der Waals surface area contributed by atoms with E-state index in [2.05, 4.69) is 6.92 Å². The molecule has 0 heterocycles. The number of nitrogens with two attached hydrogens (primary N) is 1. The van der Waals surface area contributed by atoms with Crippen LogP contribution in [0.1, 0.15) is 24.5 Å². The van der Waals surface area contributed by atoms with Gasteiger partial charge in [-0.05, 0) is 29.4 Å². The molecule has 1 aromatic carbocycles. The number of hydrogen-bond donors (Lipinski definition) is 1. The van der Waals surface area contributed by atoms with Gasteiger partial charge in [-0.1, -0.05) is 31.2 Å². The number of sulfonamides is 1. The first kappa shape index (κ1) is 14.5. The van der Waals surface area contributed by atoms with E-state index < -0.39 is 10.0 Å². The van der Waals surface area contributed by atoms with Crippen molar-refractivity contribution >= 4 is 10.0 Å². The Morgan fingerprint density at radius 2 is 2.00 bits per heavy atom. The van der Waals surface area contributed by atoms with Crippen molar-refractivity contribution in [2.75, 3.05) is 13.6 Å². The standard InChI is InChI=1S/C14H22N2O2S/c1-11-6-14(11)9-16(2)19(17,18)10-13-5-3-4-12(7-13)8-15/h3-5,7,11,14H,6,8-10,15H2,1-2H3. The van der Waals surface area contributed by atoms with E-state index in [0.29, 0.717) is 24.9 Å². The van der Waals surface area contributed by atoms with Crippen molar-refractivity contribution in [2.45, 2.75) is 25.6 Å². The van der Waals surface area contributed by atoms with E-state index in [1.165, 1.54) is 4.31 Å². The zero-order valence-electron chi connectivity index (χ0n) is 11.5. The maximum absolute atomic E-state index is 12.3. The van der Waals surface area contributed by atoms with Crippen LogP contribution >= 0.6 is 0 Å². The molecular weight excluding hydrogens is 260 g/mol. The summed E-state index contributed by atoms with van der Waals surface area (Å²) in [6.45, 7) is 3.24. The summed E-state index contributed by atoms with van der Waals surface area (Å²) >= 11 is 0. The first-order valence-corrected chi connectivity index (χ1v) is 8.25. The van der Waals surface area contributed by atoms with Crippen LogP contribution < -0.4 is 5.73 Å². The summed E-state index contributed by atoms with van der Waals surface area (Å²) < 4.78 is 26.0. The van der Waals surface area contributed by atoms with Gasteiger partial charge in [-0.25, -0.2) is 12.7 Å². The molecule has 2 N–H and O–H groups in total. The molecular formula is C14H22N2O2S. The van der Waals surface area contributed by atoms with E-state index in [4.69, 9.17) is 5.73 Å². The Labute approximate surface area is 115 Å². The van der Waals surface area contributed by atoms with Gasteiger partial charge in [0.25, 0.3) is 0 Å². The molecule has 0 radical (unpaired) electrons. The van der Waals surface area contributed by atoms with Gasteiger partial charge in [0.1, 0.15) is 0 Å². The van der Waals surface area contributed by atoms with Crippen LogP contribution in [0.2, 0.25) is 0 Å². The van der Waals surface area contributed by atoms with Crippen LogP contribution in [-0.2, 0) is 22.3 Å². The number of benzene rings is 1. The molecule has 2 atom stereocenters. The average Bonchev–Trinajstić information content (AvgIpc) is 3.04. The zero-order valence-corrected chi connectivity index (χ0v) is 12.4. The highest BCUT2D eigenvalue weighted by Crippen LogP contribution is 2.38. The molecule has 1 aliphatic carbocycles. The quantitative estimate of drug-likeness (QED) is 0.861. The summed E-state index contributed by atoms with van der Waals surface area (Å²) in [5, 5.41) is 0. The Kier molecular flexibility index (Phi) is 4.28. The van der Waals surface area contributed by atoms with Crippen LogP contribution in [0.5, 0.6) is 0 Å². The lowest BCUT2D eigenvalue weighted by atomic mass is 10.1. The second-order valence-corrected chi connectivity index (χ2v) is 7.61. The summed E-state index contributed by atoms with van der Waals surface area (Å²) in [6.07, 6.45) is 1.14. The van der Waals surface area contributed by atoms with Crippen LogP contribution in [0.15, 0.2) is 24.3 Å². The van der Waals surface area contributed by atoms with Crippen molar-refractivity contribution < 1.29 is 8.42 Å². The third-order valence-corrected chi connectivity index (χ3v) is 5.62. The summed E-state index contributed by atoms with van der Waals surface area (Å²) in [5.74, 6) is 1.26. The van der Waals surface area contributed by atoms with Gasteiger partial charge in [-0.15, -0.1) is 0 Å². The summed E-state index contributed by atoms with van der Waals surface area (Å²) in [6, 6.07) is 7.47. The van der Waals surface area contributed by atoms with Crippen molar-refractivity contribution in [1.82, 2.24) is 4.31 Å². The molecule has 0 amide bonds. The monoisotopic (exact) mass is 282 g/mol. The Morgan fingerprint density at radius 1 is 1.37 bits per heavy atom. The molecule has 106 valence electrons. The predicted octanol–water partition coefficient (Wildman–Crippen LogP) is 1.56. The van der Waals surface area contributed by atoms with E-state index in [1.807, 2.05) is 24.3 Å². The van der Waals surface area contributed by atoms with Crippen molar-refractivity contribution in [1.29, 1.82) is 0 Å². The van der Waals surface area contributed by atoms with Gasteiger partial charge in [0.05, 0.1) is 5.75 Å². The smallest absolute Gasteiger partial charge is 0.218 e. The zero-order chi connectivity index (χ0) is 14.0. The fraction of sp³-hybridized carbons (Fsp3) is 0.571. The van der Waals surface area contributed by atoms with Gasteiger partial charge < -0.3 is 5.73 Å². The molecule has 2 unspecified atom stereocenters. The molecule has 0 saturated heterocycles. The average molecular weight is 282 g/mol. The maximum Gasteiger partial charge on any atom is 0.218 e. The fourth-order valence-corrected chi connectivity index (χ4v) is 3.50. The van der Waals surface area contributed by atoms with Gasteiger partial charge in [0.2, 0.25) is 10.0 Å². The Morgan fingerprint density at radius 3 is 2.58 bits per heavy atom. The number of rotatable bonds is 6. The minimum Gasteiger partial charge on any atom is -0.326 e. The minimum atomic E-state index is -3.22. The highest BCUT2D eigenvalue weighted by Gasteiger charge is 2.35. The van der Waals surface area contributed by atoms with E-state index in [-0.39, 0.29) is 5.75 Å². The molecule has 5 heteroatoms. The van der Waals surface area contributed by atoms with Crippen LogP contribution in [0, 0.1) is 11.8 Å². The molecule has 19 heavy (non-hydrogen) atoms. The first-order chi connectivity index (χ1) is 8.92. The Hall–Kier alpha value is -0.910. The molecule has 1 aromatic rings. The number of hydrogen-bond acceptors (Lipinski definition) is 3. The second kappa shape index (κ2) is 5.61. The fourth-order valence-electron chi connectivity index (χ4n) is 2.26. The minimum absolute atomic E-state index is 0.0540. The topological polar surface area (TPSA) is 63.4 Å². The van der Waals surface area contributed by atoms with Crippen LogP contribution in [-0.4, -0.2) is 26.3 Å². The molecule has 1 saturated carbocycles. The largest absolute Gasteiger partial charge is 0.326 e. The predicted molar refractivity (Wildman–Crippen MR) is 76.9 cm³/mol. The highest BCUT2D eigenvalue weighted by atomic mass is 32.2. The highest BCUT2D eigenvalue weighted by molar-refractivity contribution is 7.88. The molecule has 1 aliphatic rings. The SMILES string of the molecule is CC1CC1CN(C)S(=O)(=O)Cc1cccc(CN)c1. The van der Waals surface area contributed by atoms with Gasteiger partial charge in [-0.3, -0.25) is 0 Å². The summed E-state index contributed by atoms with van der Waals surface area (Å²) in [5.41, 5.74) is 7.34. The number of nitrogens with zero attached hydrogens (tertiary/aromatic N) is 1. The molecule has 4 nitrogen and oxygen atoms in total. The van der Waals surface area contributed by atoms with Crippen LogP contribution in [0.4, 0.5) is 0 Å². The molecule has 0 bridgehead atoms. The lowest BCUT2D eigenvalue weighted by Crippen LogP contribution is -2.30. The third kappa shape index (κ3) is 3.78. The first-order valence-electron chi connectivity index (χ1n) is 6.64. The van der Waals surface area contributed by atoms with Crippen molar-refractivity contribution in [3.05, 3.63) is 35.4 Å². The van der Waals surface area contributed by atoms with Crippen molar-refractivity contribution in [2.24, 2.45) is 17.6 Å². The Balaban J connectivity index is 2.02.